The maximum absolute atomic E-state index is 13.2. The van der Waals surface area contributed by atoms with Crippen LogP contribution < -0.4 is 16.0 Å². The van der Waals surface area contributed by atoms with E-state index in [2.05, 4.69) is 45.0 Å². The number of anilines is 1. The fourth-order valence-corrected chi connectivity index (χ4v) is 5.65. The van der Waals surface area contributed by atoms with E-state index in [-0.39, 0.29) is 23.8 Å². The molecule has 0 saturated heterocycles. The van der Waals surface area contributed by atoms with Gasteiger partial charge in [0.2, 0.25) is 5.82 Å². The van der Waals surface area contributed by atoms with Gasteiger partial charge in [-0.25, -0.2) is 9.97 Å². The molecule has 0 bridgehead atoms. The van der Waals surface area contributed by atoms with Crippen LogP contribution in [0.3, 0.4) is 0 Å². The fraction of sp³-hybridized carbons (Fsp3) is 0.630. The third kappa shape index (κ3) is 5.50. The van der Waals surface area contributed by atoms with Crippen molar-refractivity contribution in [3.8, 4) is 0 Å². The Labute approximate surface area is 202 Å². The van der Waals surface area contributed by atoms with Crippen molar-refractivity contribution in [2.75, 3.05) is 11.9 Å². The van der Waals surface area contributed by atoms with Gasteiger partial charge >= 0.3 is 0 Å². The molecule has 0 unspecified atom stereocenters. The summed E-state index contributed by atoms with van der Waals surface area (Å²) >= 11 is 0. The van der Waals surface area contributed by atoms with Gasteiger partial charge in [-0.1, -0.05) is 50.2 Å². The number of nitrogens with zero attached hydrogens (tertiary/aromatic N) is 3. The topological polar surface area (TPSA) is 91.3 Å². The van der Waals surface area contributed by atoms with E-state index in [0.29, 0.717) is 6.04 Å². The van der Waals surface area contributed by atoms with Gasteiger partial charge in [-0.3, -0.25) is 9.79 Å². The lowest BCUT2D eigenvalue weighted by atomic mass is 9.90. The molecule has 7 nitrogen and oxygen atoms in total. The summed E-state index contributed by atoms with van der Waals surface area (Å²) in [6, 6.07) is 6.97. The Kier molecular flexibility index (Phi) is 7.26. The summed E-state index contributed by atoms with van der Waals surface area (Å²) in [5.74, 6) is 2.02. The molecule has 7 heteroatoms. The van der Waals surface area contributed by atoms with E-state index >= 15 is 0 Å². The van der Waals surface area contributed by atoms with Crippen LogP contribution in [-0.2, 0) is 0 Å². The Bertz CT molecular complexity index is 1040. The van der Waals surface area contributed by atoms with Gasteiger partial charge in [0.1, 0.15) is 5.82 Å². The summed E-state index contributed by atoms with van der Waals surface area (Å²) in [5.41, 5.74) is 1.98. The maximum atomic E-state index is 13.2. The largest absolute Gasteiger partial charge is 0.369 e. The zero-order valence-corrected chi connectivity index (χ0v) is 20.4. The van der Waals surface area contributed by atoms with Crippen molar-refractivity contribution < 1.29 is 4.79 Å². The zero-order chi connectivity index (χ0) is 23.3. The highest BCUT2D eigenvalue weighted by atomic mass is 16.2. The van der Waals surface area contributed by atoms with Crippen LogP contribution in [0.25, 0.3) is 10.9 Å². The van der Waals surface area contributed by atoms with E-state index in [9.17, 15) is 4.79 Å². The Morgan fingerprint density at radius 2 is 1.62 bits per heavy atom. The predicted octanol–water partition coefficient (Wildman–Crippen LogP) is 4.90. The number of benzene rings is 1. The van der Waals surface area contributed by atoms with Crippen molar-refractivity contribution in [1.29, 1.82) is 0 Å². The molecule has 182 valence electrons. The van der Waals surface area contributed by atoms with Gasteiger partial charge in [0.05, 0.1) is 11.4 Å². The van der Waals surface area contributed by atoms with Crippen molar-refractivity contribution >= 4 is 28.5 Å². The first-order valence-corrected chi connectivity index (χ1v) is 13.3. The van der Waals surface area contributed by atoms with Gasteiger partial charge in [-0.15, -0.1) is 0 Å². The Hall–Kier alpha value is -2.70. The Morgan fingerprint density at radius 3 is 2.35 bits per heavy atom. The van der Waals surface area contributed by atoms with Crippen molar-refractivity contribution in [1.82, 2.24) is 20.6 Å². The van der Waals surface area contributed by atoms with Crippen LogP contribution in [0.15, 0.2) is 23.2 Å². The predicted molar refractivity (Wildman–Crippen MR) is 138 cm³/mol. The second-order valence-electron chi connectivity index (χ2n) is 10.3. The van der Waals surface area contributed by atoms with E-state index < -0.39 is 0 Å². The van der Waals surface area contributed by atoms with Gasteiger partial charge in [-0.2, -0.15) is 0 Å². The molecule has 2 fully saturated rings. The van der Waals surface area contributed by atoms with Crippen molar-refractivity contribution in [3.05, 3.63) is 29.6 Å². The summed E-state index contributed by atoms with van der Waals surface area (Å²) in [4.78, 5) is 27.3. The third-order valence-electron chi connectivity index (χ3n) is 7.56. The average molecular weight is 463 g/mol. The molecule has 34 heavy (non-hydrogen) atoms. The molecule has 2 atom stereocenters. The summed E-state index contributed by atoms with van der Waals surface area (Å²) in [7, 11) is 0. The van der Waals surface area contributed by atoms with Gasteiger partial charge in [0, 0.05) is 36.5 Å². The lowest BCUT2D eigenvalue weighted by Crippen LogP contribution is -2.48. The van der Waals surface area contributed by atoms with Crippen LogP contribution >= 0.6 is 0 Å². The number of aromatic nitrogens is 2. The van der Waals surface area contributed by atoms with Crippen LogP contribution in [0.1, 0.15) is 93.2 Å². The molecule has 5 rings (SSSR count). The zero-order valence-electron chi connectivity index (χ0n) is 20.4. The Balaban J connectivity index is 1.40. The van der Waals surface area contributed by atoms with Gasteiger partial charge < -0.3 is 16.0 Å². The molecule has 3 N–H and O–H groups in total. The number of amides is 1. The number of fused-ring (bicyclic) bond motifs is 1. The van der Waals surface area contributed by atoms with Crippen molar-refractivity contribution in [3.63, 3.8) is 0 Å². The standard InChI is InChI=1S/C27H38N6O/c1-18-14-15-21-20(17-18)25(32-23-12-7-6-11-22(23)30-24-13-8-16-28-24)33-26(31-21)27(34)29-19-9-4-2-3-5-10-19/h14-15,17,19,22-23H,2-13,16H2,1H3,(H,28,30)(H,29,34)(H,31,32,33)/t22-,23+/m1/s1. The van der Waals surface area contributed by atoms with E-state index in [1.165, 1.54) is 38.5 Å². The number of rotatable bonds is 5. The number of hydrogen-bond donors (Lipinski definition) is 3. The molecule has 2 aliphatic carbocycles. The second-order valence-corrected chi connectivity index (χ2v) is 10.3. The minimum Gasteiger partial charge on any atom is -0.369 e. The highest BCUT2D eigenvalue weighted by Crippen LogP contribution is 2.27. The molecule has 2 heterocycles. The first-order valence-electron chi connectivity index (χ1n) is 13.3. The highest BCUT2D eigenvalue weighted by Gasteiger charge is 2.28. The lowest BCUT2D eigenvalue weighted by Gasteiger charge is -2.34. The average Bonchev–Trinajstić information content (AvgIpc) is 3.22. The number of hydrogen-bond acceptors (Lipinski definition) is 6. The van der Waals surface area contributed by atoms with Gasteiger partial charge in [-0.05, 0) is 51.2 Å². The molecule has 1 aromatic heterocycles. The molecule has 2 aromatic rings. The van der Waals surface area contributed by atoms with Crippen molar-refractivity contribution in [2.45, 2.75) is 102 Å². The number of aliphatic imine (C=N–C) groups is 1. The number of nitrogens with one attached hydrogen (secondary N) is 3. The van der Waals surface area contributed by atoms with Crippen LogP contribution in [-0.4, -0.2) is 46.4 Å². The normalized spacial score (nSPS) is 23.9. The van der Waals surface area contributed by atoms with Gasteiger partial charge in [0.25, 0.3) is 5.91 Å². The van der Waals surface area contributed by atoms with E-state index in [0.717, 1.165) is 73.2 Å². The minimum absolute atomic E-state index is 0.156. The van der Waals surface area contributed by atoms with Gasteiger partial charge in [0.15, 0.2) is 0 Å². The molecule has 0 radical (unpaired) electrons. The van der Waals surface area contributed by atoms with Crippen LogP contribution in [0, 0.1) is 6.92 Å². The van der Waals surface area contributed by atoms with Crippen LogP contribution in [0.4, 0.5) is 5.82 Å². The molecular formula is C27H38N6O. The molecule has 0 spiro atoms. The number of aryl methyl sites for hydroxylation is 1. The van der Waals surface area contributed by atoms with Crippen LogP contribution in [0.5, 0.6) is 0 Å². The van der Waals surface area contributed by atoms with E-state index in [4.69, 9.17) is 4.98 Å². The number of carbonyl (C=O) groups excluding carboxylic acids is 1. The molecule has 1 aromatic carbocycles. The second kappa shape index (κ2) is 10.7. The first kappa shape index (κ1) is 23.1. The fourth-order valence-electron chi connectivity index (χ4n) is 5.65. The molecule has 1 aliphatic heterocycles. The summed E-state index contributed by atoms with van der Waals surface area (Å²) in [5, 5.41) is 11.6. The van der Waals surface area contributed by atoms with E-state index in [1.54, 1.807) is 0 Å². The van der Waals surface area contributed by atoms with Crippen molar-refractivity contribution in [2.24, 2.45) is 4.99 Å². The molecule has 2 saturated carbocycles. The monoisotopic (exact) mass is 462 g/mol. The summed E-state index contributed by atoms with van der Waals surface area (Å²) in [6.45, 7) is 3.02. The smallest absolute Gasteiger partial charge is 0.289 e. The van der Waals surface area contributed by atoms with E-state index in [1.807, 2.05) is 6.07 Å². The Morgan fingerprint density at radius 1 is 0.882 bits per heavy atom. The van der Waals surface area contributed by atoms with Crippen LogP contribution in [0.2, 0.25) is 0 Å². The maximum Gasteiger partial charge on any atom is 0.289 e. The molecular weight excluding hydrogens is 424 g/mol. The third-order valence-corrected chi connectivity index (χ3v) is 7.56. The lowest BCUT2D eigenvalue weighted by molar-refractivity contribution is 0.0923. The SMILES string of the molecule is Cc1ccc2nc(C(=O)NC3CCCCCC3)nc(N[C@H]3CCCC[C@H]3NC3=NCCC3)c2c1. The molecule has 3 aliphatic rings. The number of carbonyl (C=O) groups is 1. The number of amidine groups is 1. The minimum atomic E-state index is -0.156. The summed E-state index contributed by atoms with van der Waals surface area (Å²) in [6.07, 6.45) is 13.8. The summed E-state index contributed by atoms with van der Waals surface area (Å²) < 4.78 is 0. The highest BCUT2D eigenvalue weighted by molar-refractivity contribution is 5.96. The quantitative estimate of drug-likeness (QED) is 0.550. The molecule has 1 amide bonds. The first-order chi connectivity index (χ1) is 16.7.